The molecule has 0 aromatic carbocycles. The van der Waals surface area contributed by atoms with Gasteiger partial charge in [-0.25, -0.2) is 0 Å². The SMILES string of the molecule is NC1CCC(N[C@@H]2C[C@H]2c2cncs2)CC1. The lowest BCUT2D eigenvalue weighted by atomic mass is 9.92. The molecular weight excluding hydrogens is 218 g/mol. The van der Waals surface area contributed by atoms with Crippen molar-refractivity contribution in [1.82, 2.24) is 10.3 Å². The second kappa shape index (κ2) is 4.43. The van der Waals surface area contributed by atoms with E-state index in [0.717, 1.165) is 5.92 Å². The summed E-state index contributed by atoms with van der Waals surface area (Å²) < 4.78 is 0. The lowest BCUT2D eigenvalue weighted by Gasteiger charge is -2.27. The van der Waals surface area contributed by atoms with Crippen LogP contribution in [-0.2, 0) is 0 Å². The Labute approximate surface area is 100 Å². The zero-order chi connectivity index (χ0) is 11.0. The van der Waals surface area contributed by atoms with Gasteiger partial charge in [-0.05, 0) is 32.1 Å². The number of rotatable bonds is 3. The summed E-state index contributed by atoms with van der Waals surface area (Å²) in [5.41, 5.74) is 7.85. The number of thiazole rings is 1. The summed E-state index contributed by atoms with van der Waals surface area (Å²) in [6.07, 6.45) is 8.21. The molecule has 1 heterocycles. The third-order valence-electron chi connectivity index (χ3n) is 3.83. The molecule has 3 rings (SSSR count). The number of hydrogen-bond acceptors (Lipinski definition) is 4. The van der Waals surface area contributed by atoms with Crippen LogP contribution >= 0.6 is 11.3 Å². The number of nitrogens with one attached hydrogen (secondary N) is 1. The highest BCUT2D eigenvalue weighted by molar-refractivity contribution is 7.09. The number of nitrogens with two attached hydrogens (primary N) is 1. The minimum absolute atomic E-state index is 0.453. The zero-order valence-electron chi connectivity index (χ0n) is 9.43. The molecule has 88 valence electrons. The van der Waals surface area contributed by atoms with Crippen LogP contribution in [-0.4, -0.2) is 23.1 Å². The highest BCUT2D eigenvalue weighted by atomic mass is 32.1. The first kappa shape index (κ1) is 10.7. The van der Waals surface area contributed by atoms with Crippen LogP contribution in [0.1, 0.15) is 42.9 Å². The standard InChI is InChI=1S/C12H19N3S/c13-8-1-3-9(4-2-8)15-11-5-10(11)12-6-14-7-16-12/h6-11,15H,1-5,13H2/t8?,9?,10-,11-/m1/s1. The van der Waals surface area contributed by atoms with E-state index in [2.05, 4.69) is 10.3 Å². The van der Waals surface area contributed by atoms with Crippen molar-refractivity contribution in [3.8, 4) is 0 Å². The molecule has 2 atom stereocenters. The predicted molar refractivity (Wildman–Crippen MR) is 66.6 cm³/mol. The van der Waals surface area contributed by atoms with Crippen molar-refractivity contribution >= 4 is 11.3 Å². The second-order valence-corrected chi connectivity index (χ2v) is 6.05. The van der Waals surface area contributed by atoms with Crippen molar-refractivity contribution in [1.29, 1.82) is 0 Å². The molecule has 1 aromatic rings. The average Bonchev–Trinajstić information content (AvgIpc) is 2.85. The first-order valence-corrected chi connectivity index (χ1v) is 7.11. The summed E-state index contributed by atoms with van der Waals surface area (Å²) in [4.78, 5) is 5.60. The van der Waals surface area contributed by atoms with E-state index in [-0.39, 0.29) is 0 Å². The lowest BCUT2D eigenvalue weighted by Crippen LogP contribution is -2.38. The molecule has 2 aliphatic rings. The van der Waals surface area contributed by atoms with Gasteiger partial charge in [-0.1, -0.05) is 0 Å². The Morgan fingerprint density at radius 1 is 1.31 bits per heavy atom. The summed E-state index contributed by atoms with van der Waals surface area (Å²) in [7, 11) is 0. The van der Waals surface area contributed by atoms with Crippen LogP contribution in [0.2, 0.25) is 0 Å². The average molecular weight is 237 g/mol. The van der Waals surface area contributed by atoms with Crippen LogP contribution < -0.4 is 11.1 Å². The summed E-state index contributed by atoms with van der Waals surface area (Å²) >= 11 is 1.79. The van der Waals surface area contributed by atoms with E-state index in [0.29, 0.717) is 18.1 Å². The normalized spacial score (nSPS) is 38.6. The summed E-state index contributed by atoms with van der Waals surface area (Å²) in [6.45, 7) is 0. The Kier molecular flexibility index (Phi) is 2.96. The minimum atomic E-state index is 0.453. The zero-order valence-corrected chi connectivity index (χ0v) is 10.2. The topological polar surface area (TPSA) is 50.9 Å². The van der Waals surface area contributed by atoms with E-state index in [9.17, 15) is 0 Å². The maximum atomic E-state index is 5.91. The third kappa shape index (κ3) is 2.29. The largest absolute Gasteiger partial charge is 0.328 e. The van der Waals surface area contributed by atoms with Gasteiger partial charge in [-0.3, -0.25) is 4.98 Å². The lowest BCUT2D eigenvalue weighted by molar-refractivity contribution is 0.340. The molecule has 0 spiro atoms. The van der Waals surface area contributed by atoms with Crippen molar-refractivity contribution in [3.05, 3.63) is 16.6 Å². The minimum Gasteiger partial charge on any atom is -0.328 e. The van der Waals surface area contributed by atoms with Crippen molar-refractivity contribution in [2.75, 3.05) is 0 Å². The van der Waals surface area contributed by atoms with Gasteiger partial charge in [0.2, 0.25) is 0 Å². The second-order valence-electron chi connectivity index (χ2n) is 5.13. The fourth-order valence-corrected chi connectivity index (χ4v) is 3.49. The maximum Gasteiger partial charge on any atom is 0.0794 e. The smallest absolute Gasteiger partial charge is 0.0794 e. The fraction of sp³-hybridized carbons (Fsp3) is 0.750. The number of nitrogens with zero attached hydrogens (tertiary/aromatic N) is 1. The van der Waals surface area contributed by atoms with Crippen LogP contribution in [0.4, 0.5) is 0 Å². The van der Waals surface area contributed by atoms with E-state index in [4.69, 9.17) is 5.73 Å². The molecule has 2 aliphatic carbocycles. The highest BCUT2D eigenvalue weighted by Crippen LogP contribution is 2.43. The molecular formula is C12H19N3S. The van der Waals surface area contributed by atoms with Gasteiger partial charge in [-0.2, -0.15) is 0 Å². The molecule has 0 bridgehead atoms. The van der Waals surface area contributed by atoms with E-state index >= 15 is 0 Å². The molecule has 4 heteroatoms. The molecule has 0 amide bonds. The van der Waals surface area contributed by atoms with Crippen LogP contribution in [0.3, 0.4) is 0 Å². The van der Waals surface area contributed by atoms with Gasteiger partial charge in [0.15, 0.2) is 0 Å². The predicted octanol–water partition coefficient (Wildman–Crippen LogP) is 1.86. The first-order valence-electron chi connectivity index (χ1n) is 6.23. The Morgan fingerprint density at radius 3 is 2.81 bits per heavy atom. The van der Waals surface area contributed by atoms with Crippen LogP contribution in [0.5, 0.6) is 0 Å². The van der Waals surface area contributed by atoms with Gasteiger partial charge < -0.3 is 11.1 Å². The molecule has 0 saturated heterocycles. The first-order chi connectivity index (χ1) is 7.83. The van der Waals surface area contributed by atoms with Crippen molar-refractivity contribution in [3.63, 3.8) is 0 Å². The summed E-state index contributed by atoms with van der Waals surface area (Å²) in [5, 5.41) is 3.78. The summed E-state index contributed by atoms with van der Waals surface area (Å²) in [6, 6.07) is 1.87. The molecule has 0 aliphatic heterocycles. The monoisotopic (exact) mass is 237 g/mol. The number of aromatic nitrogens is 1. The Bertz CT molecular complexity index is 330. The van der Waals surface area contributed by atoms with E-state index < -0.39 is 0 Å². The Balaban J connectivity index is 1.47. The van der Waals surface area contributed by atoms with Gasteiger partial charge >= 0.3 is 0 Å². The molecule has 2 saturated carbocycles. The van der Waals surface area contributed by atoms with E-state index in [1.165, 1.54) is 37.0 Å². The molecule has 1 aromatic heterocycles. The molecule has 0 radical (unpaired) electrons. The van der Waals surface area contributed by atoms with Gasteiger partial charge in [-0.15, -0.1) is 11.3 Å². The fourth-order valence-electron chi connectivity index (χ4n) is 2.69. The summed E-state index contributed by atoms with van der Waals surface area (Å²) in [5.74, 6) is 0.739. The molecule has 2 fully saturated rings. The third-order valence-corrected chi connectivity index (χ3v) is 4.74. The molecule has 3 nitrogen and oxygen atoms in total. The van der Waals surface area contributed by atoms with E-state index in [1.54, 1.807) is 11.3 Å². The number of hydrogen-bond donors (Lipinski definition) is 2. The van der Waals surface area contributed by atoms with Gasteiger partial charge in [0.05, 0.1) is 5.51 Å². The van der Waals surface area contributed by atoms with Crippen LogP contribution in [0, 0.1) is 0 Å². The maximum absolute atomic E-state index is 5.91. The van der Waals surface area contributed by atoms with Crippen molar-refractivity contribution in [2.24, 2.45) is 5.73 Å². The molecule has 3 N–H and O–H groups in total. The quantitative estimate of drug-likeness (QED) is 0.843. The highest BCUT2D eigenvalue weighted by Gasteiger charge is 2.40. The van der Waals surface area contributed by atoms with Crippen molar-refractivity contribution < 1.29 is 0 Å². The van der Waals surface area contributed by atoms with Crippen LogP contribution in [0.15, 0.2) is 11.7 Å². The Hall–Kier alpha value is -0.450. The molecule has 16 heavy (non-hydrogen) atoms. The van der Waals surface area contributed by atoms with Gasteiger partial charge in [0.1, 0.15) is 0 Å². The van der Waals surface area contributed by atoms with Gasteiger partial charge in [0.25, 0.3) is 0 Å². The van der Waals surface area contributed by atoms with E-state index in [1.807, 2.05) is 11.7 Å². The Morgan fingerprint density at radius 2 is 2.12 bits per heavy atom. The van der Waals surface area contributed by atoms with Gasteiger partial charge in [0, 0.05) is 35.1 Å². The molecule has 0 unspecified atom stereocenters. The van der Waals surface area contributed by atoms with Crippen LogP contribution in [0.25, 0.3) is 0 Å². The van der Waals surface area contributed by atoms with Crippen molar-refractivity contribution in [2.45, 2.75) is 56.1 Å².